The fourth-order valence-corrected chi connectivity index (χ4v) is 2.37. The number of piperazine rings is 1. The third-order valence-electron chi connectivity index (χ3n) is 3.32. The van der Waals surface area contributed by atoms with Gasteiger partial charge in [-0.3, -0.25) is 4.90 Å². The maximum atomic E-state index is 12.1. The number of hydrogen-bond acceptors (Lipinski definition) is 4. The molecule has 8 heteroatoms. The van der Waals surface area contributed by atoms with Crippen molar-refractivity contribution in [3.63, 3.8) is 0 Å². The molecule has 1 aliphatic heterocycles. The molecule has 0 bridgehead atoms. The SMILES string of the molecule is FC(F)OCC1CN(Cc2ccc(OC(F)F)cc2)CCN1. The van der Waals surface area contributed by atoms with Crippen molar-refractivity contribution >= 4 is 0 Å². The van der Waals surface area contributed by atoms with Gasteiger partial charge in [-0.25, -0.2) is 0 Å². The predicted octanol–water partition coefficient (Wildman–Crippen LogP) is 2.30. The molecular formula is C14H18F4N2O2. The Morgan fingerprint density at radius 1 is 1.14 bits per heavy atom. The normalized spacial score (nSPS) is 19.8. The van der Waals surface area contributed by atoms with Crippen LogP contribution in [0, 0.1) is 0 Å². The van der Waals surface area contributed by atoms with Crippen molar-refractivity contribution in [2.75, 3.05) is 26.2 Å². The van der Waals surface area contributed by atoms with E-state index in [1.165, 1.54) is 12.1 Å². The van der Waals surface area contributed by atoms with Crippen molar-refractivity contribution in [1.82, 2.24) is 10.2 Å². The van der Waals surface area contributed by atoms with Crippen LogP contribution in [0.5, 0.6) is 5.75 Å². The van der Waals surface area contributed by atoms with E-state index < -0.39 is 13.2 Å². The summed E-state index contributed by atoms with van der Waals surface area (Å²) in [7, 11) is 0. The average Bonchev–Trinajstić information content (AvgIpc) is 2.47. The Morgan fingerprint density at radius 3 is 2.50 bits per heavy atom. The summed E-state index contributed by atoms with van der Waals surface area (Å²) >= 11 is 0. The fraction of sp³-hybridized carbons (Fsp3) is 0.571. The molecule has 1 atom stereocenters. The molecule has 1 aromatic carbocycles. The van der Waals surface area contributed by atoms with E-state index in [9.17, 15) is 17.6 Å². The second-order valence-corrected chi connectivity index (χ2v) is 5.00. The quantitative estimate of drug-likeness (QED) is 0.781. The Kier molecular flexibility index (Phi) is 6.41. The maximum absolute atomic E-state index is 12.1. The summed E-state index contributed by atoms with van der Waals surface area (Å²) in [6.07, 6.45) is 0. The third kappa shape index (κ3) is 5.78. The molecular weight excluding hydrogens is 304 g/mol. The minimum atomic E-state index is -2.84. The number of nitrogens with one attached hydrogen (secondary N) is 1. The van der Waals surface area contributed by atoms with Crippen LogP contribution in [0.3, 0.4) is 0 Å². The zero-order valence-electron chi connectivity index (χ0n) is 11.9. The van der Waals surface area contributed by atoms with E-state index in [4.69, 9.17) is 0 Å². The number of halogens is 4. The first-order chi connectivity index (χ1) is 10.5. The molecule has 124 valence electrons. The standard InChI is InChI=1S/C14H18F4N2O2/c15-13(16)21-9-11-8-20(6-5-19-11)7-10-1-3-12(4-2-10)22-14(17)18/h1-4,11,13-14,19H,5-9H2. The number of rotatable bonds is 7. The highest BCUT2D eigenvalue weighted by Crippen LogP contribution is 2.16. The molecule has 1 unspecified atom stereocenters. The topological polar surface area (TPSA) is 33.7 Å². The molecule has 0 spiro atoms. The van der Waals surface area contributed by atoms with E-state index in [1.54, 1.807) is 12.1 Å². The van der Waals surface area contributed by atoms with Crippen molar-refractivity contribution in [2.45, 2.75) is 25.8 Å². The Bertz CT molecular complexity index is 445. The number of hydrogen-bond donors (Lipinski definition) is 1. The van der Waals surface area contributed by atoms with Crippen LogP contribution in [-0.4, -0.2) is 50.4 Å². The highest BCUT2D eigenvalue weighted by Gasteiger charge is 2.20. The lowest BCUT2D eigenvalue weighted by molar-refractivity contribution is -0.136. The van der Waals surface area contributed by atoms with Crippen molar-refractivity contribution in [3.8, 4) is 5.75 Å². The van der Waals surface area contributed by atoms with Gasteiger partial charge >= 0.3 is 13.2 Å². The number of nitrogens with zero attached hydrogens (tertiary/aromatic N) is 1. The Balaban J connectivity index is 1.82. The van der Waals surface area contributed by atoms with Gasteiger partial charge in [-0.15, -0.1) is 0 Å². The Morgan fingerprint density at radius 2 is 1.86 bits per heavy atom. The van der Waals surface area contributed by atoms with Crippen molar-refractivity contribution in [1.29, 1.82) is 0 Å². The van der Waals surface area contributed by atoms with Gasteiger partial charge in [0.05, 0.1) is 6.61 Å². The van der Waals surface area contributed by atoms with Gasteiger partial charge in [0.15, 0.2) is 0 Å². The van der Waals surface area contributed by atoms with Gasteiger partial charge in [0.1, 0.15) is 5.75 Å². The summed E-state index contributed by atoms with van der Waals surface area (Å²) in [5.74, 6) is 0.113. The van der Waals surface area contributed by atoms with Crippen LogP contribution in [0.25, 0.3) is 0 Å². The molecule has 1 saturated heterocycles. The van der Waals surface area contributed by atoms with E-state index in [0.717, 1.165) is 12.1 Å². The number of ether oxygens (including phenoxy) is 2. The Hall–Kier alpha value is -1.38. The molecule has 4 nitrogen and oxygen atoms in total. The minimum Gasteiger partial charge on any atom is -0.435 e. The lowest BCUT2D eigenvalue weighted by atomic mass is 10.1. The first kappa shape index (κ1) is 17.0. The van der Waals surface area contributed by atoms with Crippen molar-refractivity contribution in [2.24, 2.45) is 0 Å². The van der Waals surface area contributed by atoms with Gasteiger partial charge in [-0.05, 0) is 17.7 Å². The van der Waals surface area contributed by atoms with Gasteiger partial charge < -0.3 is 14.8 Å². The second kappa shape index (κ2) is 8.30. The summed E-state index contributed by atoms with van der Waals surface area (Å²) < 4.78 is 56.8. The molecule has 0 aromatic heterocycles. The molecule has 0 radical (unpaired) electrons. The highest BCUT2D eigenvalue weighted by molar-refractivity contribution is 5.27. The van der Waals surface area contributed by atoms with Gasteiger partial charge in [-0.2, -0.15) is 17.6 Å². The summed E-state index contributed by atoms with van der Waals surface area (Å²) in [5, 5.41) is 3.12. The molecule has 1 fully saturated rings. The zero-order valence-corrected chi connectivity index (χ0v) is 11.9. The molecule has 2 rings (SSSR count). The van der Waals surface area contributed by atoms with E-state index in [2.05, 4.69) is 19.7 Å². The number of alkyl halides is 4. The van der Waals surface area contributed by atoms with Crippen LogP contribution in [0.15, 0.2) is 24.3 Å². The molecule has 1 N–H and O–H groups in total. The van der Waals surface area contributed by atoms with Gasteiger partial charge in [0.2, 0.25) is 0 Å². The lowest BCUT2D eigenvalue weighted by Crippen LogP contribution is -2.52. The van der Waals surface area contributed by atoms with Crippen LogP contribution in [0.4, 0.5) is 17.6 Å². The smallest absolute Gasteiger partial charge is 0.387 e. The largest absolute Gasteiger partial charge is 0.435 e. The van der Waals surface area contributed by atoms with Crippen LogP contribution in [0.1, 0.15) is 5.56 Å². The highest BCUT2D eigenvalue weighted by atomic mass is 19.3. The summed E-state index contributed by atoms with van der Waals surface area (Å²) in [4.78, 5) is 2.10. The molecule has 0 aliphatic carbocycles. The van der Waals surface area contributed by atoms with Crippen molar-refractivity contribution in [3.05, 3.63) is 29.8 Å². The molecule has 1 heterocycles. The molecule has 0 saturated carbocycles. The summed E-state index contributed by atoms with van der Waals surface area (Å²) in [6.45, 7) is -2.99. The minimum absolute atomic E-state index is 0.0463. The summed E-state index contributed by atoms with van der Waals surface area (Å²) in [5.41, 5.74) is 0.942. The van der Waals surface area contributed by atoms with Crippen LogP contribution in [-0.2, 0) is 11.3 Å². The van der Waals surface area contributed by atoms with Gasteiger partial charge in [0, 0.05) is 32.2 Å². The van der Waals surface area contributed by atoms with Gasteiger partial charge in [0.25, 0.3) is 0 Å². The van der Waals surface area contributed by atoms with E-state index in [-0.39, 0.29) is 18.4 Å². The molecule has 22 heavy (non-hydrogen) atoms. The monoisotopic (exact) mass is 322 g/mol. The molecule has 1 aromatic rings. The maximum Gasteiger partial charge on any atom is 0.387 e. The van der Waals surface area contributed by atoms with Crippen LogP contribution < -0.4 is 10.1 Å². The third-order valence-corrected chi connectivity index (χ3v) is 3.32. The first-order valence-corrected chi connectivity index (χ1v) is 6.92. The average molecular weight is 322 g/mol. The second-order valence-electron chi connectivity index (χ2n) is 5.00. The fourth-order valence-electron chi connectivity index (χ4n) is 2.37. The van der Waals surface area contributed by atoms with Crippen LogP contribution >= 0.6 is 0 Å². The van der Waals surface area contributed by atoms with E-state index >= 15 is 0 Å². The zero-order chi connectivity index (χ0) is 15.9. The molecule has 0 amide bonds. The van der Waals surface area contributed by atoms with E-state index in [0.29, 0.717) is 19.6 Å². The van der Waals surface area contributed by atoms with Crippen LogP contribution in [0.2, 0.25) is 0 Å². The van der Waals surface area contributed by atoms with Gasteiger partial charge in [-0.1, -0.05) is 12.1 Å². The molecule has 1 aliphatic rings. The number of benzene rings is 1. The lowest BCUT2D eigenvalue weighted by Gasteiger charge is -2.33. The van der Waals surface area contributed by atoms with Crippen molar-refractivity contribution < 1.29 is 27.0 Å². The predicted molar refractivity (Wildman–Crippen MR) is 72.1 cm³/mol. The summed E-state index contributed by atoms with van der Waals surface area (Å²) in [6, 6.07) is 6.25. The Labute approximate surface area is 126 Å². The first-order valence-electron chi connectivity index (χ1n) is 6.92. The van der Waals surface area contributed by atoms with E-state index in [1.807, 2.05) is 0 Å².